The Morgan fingerprint density at radius 1 is 1.33 bits per heavy atom. The summed E-state index contributed by atoms with van der Waals surface area (Å²) in [6.07, 6.45) is 4.73. The van der Waals surface area contributed by atoms with E-state index in [1.165, 1.54) is 12.8 Å². The van der Waals surface area contributed by atoms with Gasteiger partial charge in [0.2, 0.25) is 0 Å². The highest BCUT2D eigenvalue weighted by Crippen LogP contribution is 2.27. The van der Waals surface area contributed by atoms with E-state index in [1.54, 1.807) is 0 Å². The van der Waals surface area contributed by atoms with Crippen molar-refractivity contribution in [1.29, 1.82) is 0 Å². The van der Waals surface area contributed by atoms with E-state index in [-0.39, 0.29) is 0 Å². The van der Waals surface area contributed by atoms with Crippen molar-refractivity contribution in [2.24, 2.45) is 17.6 Å². The topological polar surface area (TPSA) is 43.1 Å². The Labute approximate surface area is 96.5 Å². The van der Waals surface area contributed by atoms with Crippen molar-refractivity contribution in [3.05, 3.63) is 0 Å². The Balaban J connectivity index is 2.27. The maximum absolute atomic E-state index is 11.9. The smallest absolute Gasteiger partial charge is 0.0342 e. The van der Waals surface area contributed by atoms with Crippen molar-refractivity contribution in [1.82, 2.24) is 0 Å². The lowest BCUT2D eigenvalue weighted by Gasteiger charge is -2.18. The summed E-state index contributed by atoms with van der Waals surface area (Å²) in [4.78, 5) is 0. The van der Waals surface area contributed by atoms with E-state index < -0.39 is 10.8 Å². The van der Waals surface area contributed by atoms with Crippen LogP contribution >= 0.6 is 0 Å². The van der Waals surface area contributed by atoms with Crippen molar-refractivity contribution >= 4 is 10.8 Å². The van der Waals surface area contributed by atoms with E-state index in [1.807, 2.05) is 0 Å². The maximum Gasteiger partial charge on any atom is 0.0342 e. The van der Waals surface area contributed by atoms with Gasteiger partial charge in [-0.25, -0.2) is 0 Å². The van der Waals surface area contributed by atoms with Gasteiger partial charge in [0.05, 0.1) is 0 Å². The minimum absolute atomic E-state index is 0.322. The third-order valence-corrected chi connectivity index (χ3v) is 5.77. The Hall–Kier alpha value is 0.110. The van der Waals surface area contributed by atoms with Crippen LogP contribution in [0.15, 0.2) is 0 Å². The molecule has 1 aliphatic rings. The summed E-state index contributed by atoms with van der Waals surface area (Å²) in [5.41, 5.74) is 6.00. The third-order valence-electron chi connectivity index (χ3n) is 3.76. The molecule has 0 radical (unpaired) electrons. The molecule has 3 heteroatoms. The van der Waals surface area contributed by atoms with E-state index in [4.69, 9.17) is 5.73 Å². The molecule has 1 rings (SSSR count). The van der Waals surface area contributed by atoms with Gasteiger partial charge in [-0.1, -0.05) is 27.2 Å². The molecule has 0 aliphatic heterocycles. The summed E-state index contributed by atoms with van der Waals surface area (Å²) in [6.45, 7) is 6.38. The van der Waals surface area contributed by atoms with Gasteiger partial charge in [-0.2, -0.15) is 0 Å². The highest BCUT2D eigenvalue weighted by atomic mass is 32.2. The van der Waals surface area contributed by atoms with Crippen LogP contribution < -0.4 is 5.73 Å². The van der Waals surface area contributed by atoms with Gasteiger partial charge in [0, 0.05) is 27.8 Å². The molecule has 0 bridgehead atoms. The standard InChI is InChI=1S/C12H25NOS/c1-9(2)10(3)15(14)8-7-11-5-4-6-12(11)13/h9-12H,4-8,13H2,1-3H3. The molecular formula is C12H25NOS. The van der Waals surface area contributed by atoms with Crippen molar-refractivity contribution in [2.45, 2.75) is 57.7 Å². The average Bonchev–Trinajstić information content (AvgIpc) is 2.59. The van der Waals surface area contributed by atoms with E-state index in [9.17, 15) is 4.21 Å². The Morgan fingerprint density at radius 3 is 2.47 bits per heavy atom. The van der Waals surface area contributed by atoms with Gasteiger partial charge in [-0.15, -0.1) is 0 Å². The van der Waals surface area contributed by atoms with Crippen LogP contribution in [0.5, 0.6) is 0 Å². The van der Waals surface area contributed by atoms with Crippen molar-refractivity contribution < 1.29 is 4.21 Å². The Morgan fingerprint density at radius 2 is 2.00 bits per heavy atom. The normalized spacial score (nSPS) is 30.7. The molecule has 4 unspecified atom stereocenters. The molecule has 15 heavy (non-hydrogen) atoms. The molecule has 0 aromatic carbocycles. The van der Waals surface area contributed by atoms with Crippen LogP contribution in [-0.4, -0.2) is 21.3 Å². The maximum atomic E-state index is 11.9. The summed E-state index contributed by atoms with van der Waals surface area (Å²) in [5.74, 6) is 1.99. The summed E-state index contributed by atoms with van der Waals surface area (Å²) < 4.78 is 11.9. The molecule has 0 saturated heterocycles. The fourth-order valence-corrected chi connectivity index (χ4v) is 3.69. The zero-order valence-corrected chi connectivity index (χ0v) is 11.1. The third kappa shape index (κ3) is 3.87. The fraction of sp³-hybridized carbons (Fsp3) is 1.00. The zero-order valence-electron chi connectivity index (χ0n) is 10.2. The molecule has 1 aliphatic carbocycles. The van der Waals surface area contributed by atoms with Crippen molar-refractivity contribution in [3.63, 3.8) is 0 Å². The molecule has 0 amide bonds. The number of nitrogens with two attached hydrogens (primary N) is 1. The molecule has 0 spiro atoms. The second-order valence-electron chi connectivity index (χ2n) is 5.18. The first kappa shape index (κ1) is 13.2. The first-order valence-corrected chi connectivity index (χ1v) is 7.53. The molecule has 2 N–H and O–H groups in total. The summed E-state index contributed by atoms with van der Waals surface area (Å²) >= 11 is 0. The highest BCUT2D eigenvalue weighted by Gasteiger charge is 2.25. The minimum Gasteiger partial charge on any atom is -0.327 e. The Kier molecular flexibility index (Phi) is 5.27. The molecule has 1 fully saturated rings. The highest BCUT2D eigenvalue weighted by molar-refractivity contribution is 7.85. The van der Waals surface area contributed by atoms with Crippen molar-refractivity contribution in [2.75, 3.05) is 5.75 Å². The SMILES string of the molecule is CC(C)C(C)S(=O)CCC1CCCC1N. The largest absolute Gasteiger partial charge is 0.327 e. The monoisotopic (exact) mass is 231 g/mol. The van der Waals surface area contributed by atoms with Crippen LogP contribution in [0.2, 0.25) is 0 Å². The predicted molar refractivity (Wildman–Crippen MR) is 67.2 cm³/mol. The number of hydrogen-bond acceptors (Lipinski definition) is 2. The van der Waals surface area contributed by atoms with E-state index in [2.05, 4.69) is 20.8 Å². The van der Waals surface area contributed by atoms with Crippen molar-refractivity contribution in [3.8, 4) is 0 Å². The summed E-state index contributed by atoms with van der Waals surface area (Å²) in [7, 11) is -0.661. The predicted octanol–water partition coefficient (Wildman–Crippen LogP) is 2.30. The Bertz CT molecular complexity index is 218. The van der Waals surface area contributed by atoms with Crippen LogP contribution in [0.1, 0.15) is 46.5 Å². The lowest BCUT2D eigenvalue weighted by Crippen LogP contribution is -2.27. The van der Waals surface area contributed by atoms with Gasteiger partial charge >= 0.3 is 0 Å². The van der Waals surface area contributed by atoms with Crippen LogP contribution in [0.25, 0.3) is 0 Å². The van der Waals surface area contributed by atoms with Gasteiger partial charge in [-0.3, -0.25) is 4.21 Å². The molecule has 0 aromatic rings. The van der Waals surface area contributed by atoms with Gasteiger partial charge in [0.15, 0.2) is 0 Å². The number of hydrogen-bond donors (Lipinski definition) is 1. The van der Waals surface area contributed by atoms with Gasteiger partial charge in [-0.05, 0) is 31.1 Å². The number of rotatable bonds is 5. The van der Waals surface area contributed by atoms with Gasteiger partial charge in [0.1, 0.15) is 0 Å². The fourth-order valence-electron chi connectivity index (χ4n) is 2.18. The average molecular weight is 231 g/mol. The zero-order chi connectivity index (χ0) is 11.4. The molecule has 1 saturated carbocycles. The molecule has 2 nitrogen and oxygen atoms in total. The molecule has 90 valence electrons. The second-order valence-corrected chi connectivity index (χ2v) is 7.09. The molecule has 0 aromatic heterocycles. The molecular weight excluding hydrogens is 206 g/mol. The van der Waals surface area contributed by atoms with Gasteiger partial charge in [0.25, 0.3) is 0 Å². The second kappa shape index (κ2) is 6.00. The summed E-state index contributed by atoms with van der Waals surface area (Å²) in [6, 6.07) is 0.372. The van der Waals surface area contributed by atoms with Crippen LogP contribution in [0, 0.1) is 11.8 Å². The van der Waals surface area contributed by atoms with Crippen LogP contribution in [-0.2, 0) is 10.8 Å². The van der Waals surface area contributed by atoms with E-state index >= 15 is 0 Å². The summed E-state index contributed by atoms with van der Waals surface area (Å²) in [5, 5.41) is 0.322. The lowest BCUT2D eigenvalue weighted by atomic mass is 10.0. The van der Waals surface area contributed by atoms with Gasteiger partial charge < -0.3 is 5.73 Å². The van der Waals surface area contributed by atoms with E-state index in [0.29, 0.717) is 23.1 Å². The van der Waals surface area contributed by atoms with Crippen LogP contribution in [0.3, 0.4) is 0 Å². The first-order chi connectivity index (χ1) is 7.02. The molecule has 4 atom stereocenters. The quantitative estimate of drug-likeness (QED) is 0.789. The molecule has 0 heterocycles. The lowest BCUT2D eigenvalue weighted by molar-refractivity contribution is 0.467. The van der Waals surface area contributed by atoms with E-state index in [0.717, 1.165) is 18.6 Å². The van der Waals surface area contributed by atoms with Crippen LogP contribution in [0.4, 0.5) is 0 Å². The first-order valence-electron chi connectivity index (χ1n) is 6.15. The minimum atomic E-state index is -0.661.